The molecule has 2 aliphatic rings. The van der Waals surface area contributed by atoms with Crippen LogP contribution in [0.3, 0.4) is 0 Å². The van der Waals surface area contributed by atoms with E-state index in [0.717, 1.165) is 11.1 Å². The van der Waals surface area contributed by atoms with Gasteiger partial charge in [0.05, 0.1) is 10.9 Å². The Morgan fingerprint density at radius 3 is 2.30 bits per heavy atom. The van der Waals surface area contributed by atoms with Gasteiger partial charge in [-0.05, 0) is 30.0 Å². The van der Waals surface area contributed by atoms with Crippen LogP contribution in [0.25, 0.3) is 0 Å². The molecule has 1 amide bonds. The maximum absolute atomic E-state index is 13.2. The molecule has 2 fully saturated rings. The first-order valence-corrected chi connectivity index (χ1v) is 10.7. The molecule has 142 valence electrons. The van der Waals surface area contributed by atoms with Gasteiger partial charge in [-0.3, -0.25) is 4.79 Å². The van der Waals surface area contributed by atoms with Crippen LogP contribution in [0.2, 0.25) is 0 Å². The molecule has 3 atom stereocenters. The van der Waals surface area contributed by atoms with E-state index >= 15 is 0 Å². The van der Waals surface area contributed by atoms with Gasteiger partial charge in [-0.15, -0.1) is 0 Å². The van der Waals surface area contributed by atoms with Gasteiger partial charge >= 0.3 is 0 Å². The fourth-order valence-corrected chi connectivity index (χ4v) is 6.35. The van der Waals surface area contributed by atoms with Crippen LogP contribution in [0.1, 0.15) is 24.1 Å². The molecule has 27 heavy (non-hydrogen) atoms. The molecule has 5 nitrogen and oxygen atoms in total. The summed E-state index contributed by atoms with van der Waals surface area (Å²) in [4.78, 5) is 14.5. The predicted octanol–water partition coefficient (Wildman–Crippen LogP) is 2.84. The van der Waals surface area contributed by atoms with E-state index in [1.165, 1.54) is 0 Å². The van der Waals surface area contributed by atoms with Crippen molar-refractivity contribution in [2.45, 2.75) is 24.8 Å². The minimum Gasteiger partial charge on any atom is -0.335 e. The van der Waals surface area contributed by atoms with Crippen molar-refractivity contribution < 1.29 is 13.2 Å². The van der Waals surface area contributed by atoms with Crippen molar-refractivity contribution in [3.05, 3.63) is 65.7 Å². The third-order valence-electron chi connectivity index (χ3n) is 5.89. The van der Waals surface area contributed by atoms with Crippen LogP contribution in [0.4, 0.5) is 0 Å². The van der Waals surface area contributed by atoms with E-state index in [2.05, 4.69) is 0 Å². The summed E-state index contributed by atoms with van der Waals surface area (Å²) in [5, 5.41) is 0. The number of hydrogen-bond acceptors (Lipinski definition) is 3. The van der Waals surface area contributed by atoms with Crippen LogP contribution in [-0.4, -0.2) is 43.2 Å². The number of carbonyl (C=O) groups is 1. The van der Waals surface area contributed by atoms with Gasteiger partial charge in [0, 0.05) is 32.5 Å². The third kappa shape index (κ3) is 3.07. The standard InChI is InChI=1S/C21H24N2O3S/c1-15-8-6-7-11-20(15)27(25,26)22-12-18-13-23(16(2)24)21(19(18)14-22)17-9-4-3-5-10-17/h3-11,18-19,21H,12-14H2,1-2H3/t18-,19-,21-/m1/s1. The number of aryl methyl sites for hydroxylation is 1. The summed E-state index contributed by atoms with van der Waals surface area (Å²) in [6.07, 6.45) is 0. The van der Waals surface area contributed by atoms with Gasteiger partial charge in [-0.25, -0.2) is 8.42 Å². The van der Waals surface area contributed by atoms with Gasteiger partial charge in [-0.2, -0.15) is 4.31 Å². The normalized spacial score (nSPS) is 25.6. The Kier molecular flexibility index (Phi) is 4.56. The molecular weight excluding hydrogens is 360 g/mol. The third-order valence-corrected chi connectivity index (χ3v) is 7.88. The summed E-state index contributed by atoms with van der Waals surface area (Å²) < 4.78 is 28.0. The average Bonchev–Trinajstić information content (AvgIpc) is 3.21. The monoisotopic (exact) mass is 384 g/mol. The SMILES string of the molecule is CC(=O)N1C[C@H]2CN(S(=O)(=O)c3ccccc3C)C[C@H]2[C@H]1c1ccccc1. The van der Waals surface area contributed by atoms with Crippen molar-refractivity contribution in [1.29, 1.82) is 0 Å². The summed E-state index contributed by atoms with van der Waals surface area (Å²) in [7, 11) is -3.52. The molecule has 2 aromatic rings. The Balaban J connectivity index is 1.66. The maximum Gasteiger partial charge on any atom is 0.243 e. The van der Waals surface area contributed by atoms with Gasteiger partial charge in [0.25, 0.3) is 0 Å². The second-order valence-corrected chi connectivity index (χ2v) is 9.44. The second-order valence-electron chi connectivity index (χ2n) is 7.54. The fraction of sp³-hybridized carbons (Fsp3) is 0.381. The Hall–Kier alpha value is -2.18. The Labute approximate surface area is 160 Å². The maximum atomic E-state index is 13.2. The lowest BCUT2D eigenvalue weighted by atomic mass is 9.89. The molecule has 2 aliphatic heterocycles. The summed E-state index contributed by atoms with van der Waals surface area (Å²) >= 11 is 0. The molecule has 0 aliphatic carbocycles. The quantitative estimate of drug-likeness (QED) is 0.818. The molecule has 2 heterocycles. The number of sulfonamides is 1. The van der Waals surface area contributed by atoms with Crippen LogP contribution in [0, 0.1) is 18.8 Å². The number of benzene rings is 2. The number of likely N-dealkylation sites (tertiary alicyclic amines) is 1. The molecule has 0 spiro atoms. The number of hydrogen-bond donors (Lipinski definition) is 0. The van der Waals surface area contributed by atoms with Gasteiger partial charge in [-0.1, -0.05) is 48.5 Å². The molecular formula is C21H24N2O3S. The number of amides is 1. The van der Waals surface area contributed by atoms with Gasteiger partial charge in [0.1, 0.15) is 0 Å². The zero-order valence-corrected chi connectivity index (χ0v) is 16.4. The van der Waals surface area contributed by atoms with Crippen molar-refractivity contribution in [2.24, 2.45) is 11.8 Å². The predicted molar refractivity (Wildman–Crippen MR) is 103 cm³/mol. The van der Waals surface area contributed by atoms with Crippen LogP contribution < -0.4 is 0 Å². The second kappa shape index (κ2) is 6.77. The molecule has 0 unspecified atom stereocenters. The van der Waals surface area contributed by atoms with Crippen LogP contribution in [-0.2, 0) is 14.8 Å². The fourth-order valence-electron chi connectivity index (χ4n) is 4.59. The first-order chi connectivity index (χ1) is 12.9. The molecule has 0 bridgehead atoms. The summed E-state index contributed by atoms with van der Waals surface area (Å²) in [5.41, 5.74) is 1.84. The highest BCUT2D eigenvalue weighted by Gasteiger charge is 2.51. The Morgan fingerprint density at radius 1 is 0.963 bits per heavy atom. The number of nitrogens with zero attached hydrogens (tertiary/aromatic N) is 2. The lowest BCUT2D eigenvalue weighted by Gasteiger charge is -2.29. The smallest absolute Gasteiger partial charge is 0.243 e. The molecule has 4 rings (SSSR count). The summed E-state index contributed by atoms with van der Waals surface area (Å²) in [5.74, 6) is 0.333. The minimum atomic E-state index is -3.52. The largest absolute Gasteiger partial charge is 0.335 e. The average molecular weight is 385 g/mol. The van der Waals surface area contributed by atoms with Crippen LogP contribution in [0.5, 0.6) is 0 Å². The van der Waals surface area contributed by atoms with Gasteiger partial charge in [0.2, 0.25) is 15.9 Å². The first kappa shape index (κ1) is 18.2. The number of rotatable bonds is 3. The van der Waals surface area contributed by atoms with E-state index in [1.807, 2.05) is 54.3 Å². The van der Waals surface area contributed by atoms with Gasteiger partial charge in [0.15, 0.2) is 0 Å². The zero-order chi connectivity index (χ0) is 19.2. The molecule has 2 saturated heterocycles. The first-order valence-electron chi connectivity index (χ1n) is 9.27. The number of fused-ring (bicyclic) bond motifs is 1. The van der Waals surface area contributed by atoms with E-state index in [1.54, 1.807) is 23.4 Å². The lowest BCUT2D eigenvalue weighted by Crippen LogP contribution is -2.36. The van der Waals surface area contributed by atoms with E-state index in [9.17, 15) is 13.2 Å². The number of carbonyl (C=O) groups excluding carboxylic acids is 1. The highest BCUT2D eigenvalue weighted by atomic mass is 32.2. The molecule has 0 N–H and O–H groups in total. The molecule has 0 saturated carbocycles. The van der Waals surface area contributed by atoms with E-state index < -0.39 is 10.0 Å². The van der Waals surface area contributed by atoms with E-state index in [4.69, 9.17) is 0 Å². The summed E-state index contributed by atoms with van der Waals surface area (Å²) in [6.45, 7) is 4.95. The minimum absolute atomic E-state index is 0.0477. The van der Waals surface area contributed by atoms with Crippen LogP contribution in [0.15, 0.2) is 59.5 Å². The lowest BCUT2D eigenvalue weighted by molar-refractivity contribution is -0.130. The Morgan fingerprint density at radius 2 is 1.63 bits per heavy atom. The van der Waals surface area contributed by atoms with Crippen molar-refractivity contribution >= 4 is 15.9 Å². The van der Waals surface area contributed by atoms with Crippen molar-refractivity contribution in [3.8, 4) is 0 Å². The van der Waals surface area contributed by atoms with Gasteiger partial charge < -0.3 is 4.90 Å². The van der Waals surface area contributed by atoms with Crippen LogP contribution >= 0.6 is 0 Å². The molecule has 0 radical (unpaired) electrons. The van der Waals surface area contributed by atoms with Crippen molar-refractivity contribution in [2.75, 3.05) is 19.6 Å². The highest BCUT2D eigenvalue weighted by Crippen LogP contribution is 2.46. The zero-order valence-electron chi connectivity index (χ0n) is 15.6. The Bertz CT molecular complexity index is 958. The molecule has 2 aromatic carbocycles. The topological polar surface area (TPSA) is 57.7 Å². The van der Waals surface area contributed by atoms with E-state index in [0.29, 0.717) is 24.5 Å². The summed E-state index contributed by atoms with van der Waals surface area (Å²) in [6, 6.07) is 17.0. The van der Waals surface area contributed by atoms with Crippen molar-refractivity contribution in [1.82, 2.24) is 9.21 Å². The molecule has 0 aromatic heterocycles. The van der Waals surface area contributed by atoms with Crippen molar-refractivity contribution in [3.63, 3.8) is 0 Å². The highest BCUT2D eigenvalue weighted by molar-refractivity contribution is 7.89. The van der Waals surface area contributed by atoms with E-state index in [-0.39, 0.29) is 23.8 Å². The molecule has 6 heteroatoms.